The molecule has 0 radical (unpaired) electrons. The molecule has 1 aliphatic rings. The van der Waals surface area contributed by atoms with Crippen molar-refractivity contribution in [1.29, 1.82) is 0 Å². The Morgan fingerprint density at radius 2 is 1.96 bits per heavy atom. The lowest BCUT2D eigenvalue weighted by atomic mass is 9.92. The number of aromatic nitrogens is 1. The van der Waals surface area contributed by atoms with E-state index in [1.807, 2.05) is 25.3 Å². The van der Waals surface area contributed by atoms with E-state index in [9.17, 15) is 9.59 Å². The van der Waals surface area contributed by atoms with Crippen LogP contribution in [0, 0.1) is 0 Å². The molecule has 0 unspecified atom stereocenters. The molecule has 2 aromatic rings. The van der Waals surface area contributed by atoms with E-state index in [1.54, 1.807) is 0 Å². The third-order valence-corrected chi connectivity index (χ3v) is 6.00. The van der Waals surface area contributed by atoms with E-state index in [0.29, 0.717) is 11.6 Å². The highest BCUT2D eigenvalue weighted by Gasteiger charge is 2.29. The van der Waals surface area contributed by atoms with Crippen LogP contribution in [0.15, 0.2) is 18.2 Å². The van der Waals surface area contributed by atoms with Crippen LogP contribution in [-0.4, -0.2) is 27.0 Å². The summed E-state index contributed by atoms with van der Waals surface area (Å²) >= 11 is 1.34. The van der Waals surface area contributed by atoms with Gasteiger partial charge in [0, 0.05) is 16.7 Å². The van der Waals surface area contributed by atoms with E-state index in [2.05, 4.69) is 32.0 Å². The number of carbonyl (C=O) groups is 2. The zero-order valence-corrected chi connectivity index (χ0v) is 17.7. The molecule has 0 saturated heterocycles. The highest BCUT2D eigenvalue weighted by Crippen LogP contribution is 2.36. The lowest BCUT2D eigenvalue weighted by molar-refractivity contribution is -0.155. The number of thioether (sulfide) groups is 1. The van der Waals surface area contributed by atoms with Gasteiger partial charge >= 0.3 is 5.97 Å². The van der Waals surface area contributed by atoms with Gasteiger partial charge in [-0.25, -0.2) is 0 Å². The zero-order chi connectivity index (χ0) is 19.8. The Morgan fingerprint density at radius 3 is 2.59 bits per heavy atom. The summed E-state index contributed by atoms with van der Waals surface area (Å²) in [7, 11) is 0. The normalized spacial score (nSPS) is 14.7. The zero-order valence-electron chi connectivity index (χ0n) is 16.9. The first-order valence-electron chi connectivity index (χ1n) is 9.79. The first-order chi connectivity index (χ1) is 12.7. The third-order valence-electron chi connectivity index (χ3n) is 5.14. The van der Waals surface area contributed by atoms with Crippen molar-refractivity contribution in [2.75, 3.05) is 5.75 Å². The molecule has 0 amide bonds. The summed E-state index contributed by atoms with van der Waals surface area (Å²) in [5.41, 5.74) is 3.49. The van der Waals surface area contributed by atoms with Crippen LogP contribution in [0.2, 0.25) is 0 Å². The number of benzene rings is 1. The minimum atomic E-state index is -0.540. The lowest BCUT2D eigenvalue weighted by Gasteiger charge is -2.21. The van der Waals surface area contributed by atoms with E-state index in [-0.39, 0.29) is 17.6 Å². The van der Waals surface area contributed by atoms with Crippen LogP contribution >= 0.6 is 11.8 Å². The molecular weight excluding hydrogens is 358 g/mol. The molecule has 0 saturated carbocycles. The van der Waals surface area contributed by atoms with Crippen LogP contribution < -0.4 is 0 Å². The number of hydrogen-bond donors (Lipinski definition) is 0. The van der Waals surface area contributed by atoms with Gasteiger partial charge in [0.25, 0.3) is 0 Å². The number of aryl methyl sites for hydroxylation is 1. The summed E-state index contributed by atoms with van der Waals surface area (Å²) < 4.78 is 7.37. The Morgan fingerprint density at radius 1 is 1.26 bits per heavy atom. The predicted molar refractivity (Wildman–Crippen MR) is 112 cm³/mol. The average Bonchev–Trinajstić information content (AvgIpc) is 2.89. The summed E-state index contributed by atoms with van der Waals surface area (Å²) in [6, 6.07) is 6.46. The van der Waals surface area contributed by atoms with Crippen molar-refractivity contribution >= 4 is 33.7 Å². The van der Waals surface area contributed by atoms with Crippen LogP contribution in [-0.2, 0) is 22.5 Å². The number of ether oxygens (including phenoxy) is 1. The molecule has 1 aromatic carbocycles. The second-order valence-electron chi connectivity index (χ2n) is 8.18. The quantitative estimate of drug-likeness (QED) is 0.652. The topological polar surface area (TPSA) is 48.3 Å². The van der Waals surface area contributed by atoms with Crippen molar-refractivity contribution in [3.05, 3.63) is 35.0 Å². The van der Waals surface area contributed by atoms with Gasteiger partial charge < -0.3 is 9.30 Å². The maximum Gasteiger partial charge on any atom is 0.326 e. The van der Waals surface area contributed by atoms with Crippen molar-refractivity contribution in [1.82, 2.24) is 4.57 Å². The summed E-state index contributed by atoms with van der Waals surface area (Å²) in [6.07, 6.45) is 3.05. The van der Waals surface area contributed by atoms with E-state index >= 15 is 0 Å². The second-order valence-corrected chi connectivity index (χ2v) is 9.24. The summed E-state index contributed by atoms with van der Waals surface area (Å²) in [6.45, 7) is 10.1. The highest BCUT2D eigenvalue weighted by molar-refractivity contribution is 8.14. The largest absolute Gasteiger partial charge is 0.459 e. The van der Waals surface area contributed by atoms with Crippen molar-refractivity contribution in [3.63, 3.8) is 0 Å². The number of fused-ring (bicyclic) bond motifs is 3. The minimum absolute atomic E-state index is 0.0556. The Bertz CT molecular complexity index is 872. The summed E-state index contributed by atoms with van der Waals surface area (Å²) in [5, 5.41) is 1.17. The molecule has 146 valence electrons. The van der Waals surface area contributed by atoms with Crippen LogP contribution in [0.5, 0.6) is 0 Å². The Hall–Kier alpha value is -1.75. The molecule has 5 heteroatoms. The predicted octanol–water partition coefficient (Wildman–Crippen LogP) is 5.32. The Kier molecular flexibility index (Phi) is 5.71. The average molecular weight is 388 g/mol. The monoisotopic (exact) mass is 387 g/mol. The van der Waals surface area contributed by atoms with Gasteiger partial charge in [-0.2, -0.15) is 0 Å². The standard InChI is InChI=1S/C22H29NO3S/c1-6-14(7-2)15-8-9-18-17(12-15)16-10-11-27-21(25)20(16)23(18)13-19(24)26-22(3,4)5/h8-9,12,14H,6-7,10-11,13H2,1-5H3. The third kappa shape index (κ3) is 4.08. The van der Waals surface area contributed by atoms with Gasteiger partial charge in [-0.05, 0) is 69.2 Å². The second kappa shape index (κ2) is 7.70. The van der Waals surface area contributed by atoms with Gasteiger partial charge in [0.05, 0.1) is 0 Å². The maximum absolute atomic E-state index is 12.7. The molecule has 0 spiro atoms. The summed E-state index contributed by atoms with van der Waals surface area (Å²) in [5.74, 6) is 1.01. The van der Waals surface area contributed by atoms with Gasteiger partial charge in [0.2, 0.25) is 5.12 Å². The molecule has 4 nitrogen and oxygen atoms in total. The number of nitrogens with zero attached hydrogens (tertiary/aromatic N) is 1. The van der Waals surface area contributed by atoms with Crippen molar-refractivity contribution in [2.24, 2.45) is 0 Å². The van der Waals surface area contributed by atoms with Gasteiger partial charge in [-0.1, -0.05) is 31.7 Å². The van der Waals surface area contributed by atoms with Crippen molar-refractivity contribution in [3.8, 4) is 0 Å². The number of carbonyl (C=O) groups excluding carboxylic acids is 2. The first-order valence-corrected chi connectivity index (χ1v) is 10.8. The van der Waals surface area contributed by atoms with Gasteiger partial charge in [0.1, 0.15) is 17.8 Å². The molecule has 0 N–H and O–H groups in total. The van der Waals surface area contributed by atoms with Crippen molar-refractivity contribution in [2.45, 2.75) is 71.9 Å². The molecule has 2 heterocycles. The maximum atomic E-state index is 12.7. The Balaban J connectivity index is 2.11. The van der Waals surface area contributed by atoms with Crippen LogP contribution in [0.3, 0.4) is 0 Å². The molecule has 0 atom stereocenters. The molecule has 3 rings (SSSR count). The molecule has 0 fully saturated rings. The van der Waals surface area contributed by atoms with Gasteiger partial charge in [0.15, 0.2) is 0 Å². The minimum Gasteiger partial charge on any atom is -0.459 e. The molecule has 1 aliphatic heterocycles. The summed E-state index contributed by atoms with van der Waals surface area (Å²) in [4.78, 5) is 25.1. The van der Waals surface area contributed by atoms with Gasteiger partial charge in [-0.15, -0.1) is 0 Å². The molecule has 1 aromatic heterocycles. The van der Waals surface area contributed by atoms with E-state index < -0.39 is 5.60 Å². The number of rotatable bonds is 5. The fourth-order valence-electron chi connectivity index (χ4n) is 3.92. The van der Waals surface area contributed by atoms with Crippen molar-refractivity contribution < 1.29 is 14.3 Å². The lowest BCUT2D eigenvalue weighted by Crippen LogP contribution is -2.27. The van der Waals surface area contributed by atoms with Crippen LogP contribution in [0.25, 0.3) is 10.9 Å². The van der Waals surface area contributed by atoms with E-state index in [4.69, 9.17) is 4.74 Å². The van der Waals surface area contributed by atoms with Gasteiger partial charge in [-0.3, -0.25) is 9.59 Å². The fourth-order valence-corrected chi connectivity index (χ4v) is 4.79. The molecule has 27 heavy (non-hydrogen) atoms. The molecule has 0 bridgehead atoms. The number of hydrogen-bond acceptors (Lipinski definition) is 4. The first kappa shape index (κ1) is 20.0. The molecule has 0 aliphatic carbocycles. The fraction of sp³-hybridized carbons (Fsp3) is 0.545. The highest BCUT2D eigenvalue weighted by atomic mass is 32.2. The van der Waals surface area contributed by atoms with Crippen LogP contribution in [0.1, 0.15) is 75.0 Å². The van der Waals surface area contributed by atoms with E-state index in [0.717, 1.165) is 41.5 Å². The number of esters is 1. The van der Waals surface area contributed by atoms with E-state index in [1.165, 1.54) is 17.3 Å². The SMILES string of the molecule is CCC(CC)c1ccc2c(c1)c1c(n2CC(=O)OC(C)(C)C)C(=O)SCC1. The Labute approximate surface area is 165 Å². The molecular formula is C22H29NO3S. The smallest absolute Gasteiger partial charge is 0.326 e. The van der Waals surface area contributed by atoms with Crippen LogP contribution in [0.4, 0.5) is 0 Å².